The van der Waals surface area contributed by atoms with Crippen LogP contribution in [0.3, 0.4) is 0 Å². The lowest BCUT2D eigenvalue weighted by Gasteiger charge is -2.02. The normalized spacial score (nSPS) is 10.9. The zero-order chi connectivity index (χ0) is 12.3. The number of hydrogen-bond acceptors (Lipinski definition) is 2. The van der Waals surface area contributed by atoms with E-state index in [-0.39, 0.29) is 24.8 Å². The van der Waals surface area contributed by atoms with Crippen molar-refractivity contribution in [2.45, 2.75) is 6.42 Å². The molecule has 0 aliphatic carbocycles. The summed E-state index contributed by atoms with van der Waals surface area (Å²) in [4.78, 5) is 7.29. The van der Waals surface area contributed by atoms with E-state index in [0.29, 0.717) is 5.84 Å². The van der Waals surface area contributed by atoms with E-state index in [1.165, 1.54) is 10.9 Å². The second-order valence-corrected chi connectivity index (χ2v) is 4.04. The number of fused-ring (bicyclic) bond motifs is 1. The molecule has 6 heteroatoms. The van der Waals surface area contributed by atoms with Gasteiger partial charge in [0.2, 0.25) is 0 Å². The predicted octanol–water partition coefficient (Wildman–Crippen LogP) is 2.11. The summed E-state index contributed by atoms with van der Waals surface area (Å²) in [7, 11) is 3.67. The lowest BCUT2D eigenvalue weighted by molar-refractivity contribution is 0.795. The van der Waals surface area contributed by atoms with E-state index in [1.54, 1.807) is 7.05 Å². The highest BCUT2D eigenvalue weighted by Crippen LogP contribution is 2.20. The van der Waals surface area contributed by atoms with Gasteiger partial charge in [0, 0.05) is 29.7 Å². The SMILES string of the molecule is CN=C(N)c1ccc2[nH]cc(CCNC)c2c1.Cl.Cl. The highest BCUT2D eigenvalue weighted by Gasteiger charge is 2.05. The molecule has 0 aliphatic heterocycles. The van der Waals surface area contributed by atoms with E-state index in [4.69, 9.17) is 5.73 Å². The fourth-order valence-corrected chi connectivity index (χ4v) is 1.93. The van der Waals surface area contributed by atoms with Gasteiger partial charge in [-0.2, -0.15) is 0 Å². The zero-order valence-corrected chi connectivity index (χ0v) is 12.7. The smallest absolute Gasteiger partial charge is 0.125 e. The minimum absolute atomic E-state index is 0. The Labute approximate surface area is 125 Å². The van der Waals surface area contributed by atoms with Crippen LogP contribution in [0.4, 0.5) is 0 Å². The van der Waals surface area contributed by atoms with Crippen molar-refractivity contribution >= 4 is 41.6 Å². The Balaban J connectivity index is 0.00000162. The van der Waals surface area contributed by atoms with E-state index in [1.807, 2.05) is 19.2 Å². The summed E-state index contributed by atoms with van der Waals surface area (Å²) in [5, 5.41) is 4.38. The average molecular weight is 303 g/mol. The van der Waals surface area contributed by atoms with Crippen molar-refractivity contribution in [3.05, 3.63) is 35.5 Å². The molecule has 2 rings (SSSR count). The molecule has 0 fully saturated rings. The van der Waals surface area contributed by atoms with Crippen LogP contribution in [-0.4, -0.2) is 31.5 Å². The Morgan fingerprint density at radius 3 is 2.74 bits per heavy atom. The molecular weight excluding hydrogens is 283 g/mol. The standard InChI is InChI=1S/C13H18N4.2ClH/c1-15-6-5-10-8-17-12-4-3-9(7-11(10)12)13(14)16-2;;/h3-4,7-8,15,17H,5-6H2,1-2H3,(H2,14,16);2*1H. The molecule has 1 aromatic carbocycles. The molecule has 0 spiro atoms. The number of benzene rings is 1. The number of aromatic amines is 1. The van der Waals surface area contributed by atoms with Crippen molar-refractivity contribution in [3.8, 4) is 0 Å². The van der Waals surface area contributed by atoms with E-state index >= 15 is 0 Å². The number of H-pyrrole nitrogens is 1. The summed E-state index contributed by atoms with van der Waals surface area (Å²) in [6.45, 7) is 0.967. The largest absolute Gasteiger partial charge is 0.384 e. The zero-order valence-electron chi connectivity index (χ0n) is 11.1. The molecule has 0 unspecified atom stereocenters. The highest BCUT2D eigenvalue weighted by atomic mass is 35.5. The summed E-state index contributed by atoms with van der Waals surface area (Å²) in [6.07, 6.45) is 3.06. The summed E-state index contributed by atoms with van der Waals surface area (Å²) in [6, 6.07) is 6.13. The molecule has 0 aliphatic rings. The first-order valence-corrected chi connectivity index (χ1v) is 5.73. The van der Waals surface area contributed by atoms with E-state index in [0.717, 1.165) is 24.0 Å². The topological polar surface area (TPSA) is 66.2 Å². The van der Waals surface area contributed by atoms with Crippen LogP contribution >= 0.6 is 24.8 Å². The third kappa shape index (κ3) is 3.86. The minimum Gasteiger partial charge on any atom is -0.384 e. The number of rotatable bonds is 4. The Morgan fingerprint density at radius 2 is 2.11 bits per heavy atom. The van der Waals surface area contributed by atoms with Gasteiger partial charge in [0.25, 0.3) is 0 Å². The van der Waals surface area contributed by atoms with Gasteiger partial charge in [-0.05, 0) is 43.8 Å². The van der Waals surface area contributed by atoms with Gasteiger partial charge in [-0.1, -0.05) is 0 Å². The van der Waals surface area contributed by atoms with Crippen LogP contribution in [-0.2, 0) is 6.42 Å². The highest BCUT2D eigenvalue weighted by molar-refractivity contribution is 6.01. The van der Waals surface area contributed by atoms with Gasteiger partial charge in [-0.3, -0.25) is 4.99 Å². The van der Waals surface area contributed by atoms with Crippen molar-refractivity contribution in [3.63, 3.8) is 0 Å². The molecule has 0 saturated carbocycles. The third-order valence-electron chi connectivity index (χ3n) is 2.95. The Hall–Kier alpha value is -1.23. The van der Waals surface area contributed by atoms with Gasteiger partial charge in [-0.15, -0.1) is 24.8 Å². The van der Waals surface area contributed by atoms with Crippen LogP contribution in [0, 0.1) is 0 Å². The lowest BCUT2D eigenvalue weighted by atomic mass is 10.1. The molecule has 1 aromatic heterocycles. The monoisotopic (exact) mass is 302 g/mol. The molecule has 0 atom stereocenters. The number of nitrogens with two attached hydrogens (primary N) is 1. The van der Waals surface area contributed by atoms with Crippen molar-refractivity contribution in [2.24, 2.45) is 10.7 Å². The number of hydrogen-bond donors (Lipinski definition) is 3. The number of likely N-dealkylation sites (N-methyl/N-ethyl adjacent to an activating group) is 1. The molecular formula is C13H20Cl2N4. The summed E-state index contributed by atoms with van der Waals surface area (Å²) < 4.78 is 0. The molecule has 4 nitrogen and oxygen atoms in total. The molecule has 0 amide bonds. The molecule has 2 aromatic rings. The third-order valence-corrected chi connectivity index (χ3v) is 2.95. The van der Waals surface area contributed by atoms with Crippen molar-refractivity contribution in [1.82, 2.24) is 10.3 Å². The number of amidine groups is 1. The van der Waals surface area contributed by atoms with E-state index < -0.39 is 0 Å². The van der Waals surface area contributed by atoms with E-state index in [9.17, 15) is 0 Å². The average Bonchev–Trinajstić information content (AvgIpc) is 2.77. The molecule has 1 heterocycles. The van der Waals surface area contributed by atoms with Gasteiger partial charge >= 0.3 is 0 Å². The van der Waals surface area contributed by atoms with Crippen molar-refractivity contribution < 1.29 is 0 Å². The maximum absolute atomic E-state index is 5.83. The van der Waals surface area contributed by atoms with Crippen LogP contribution in [0.1, 0.15) is 11.1 Å². The number of nitrogens with one attached hydrogen (secondary N) is 2. The summed E-state index contributed by atoms with van der Waals surface area (Å²) in [5.41, 5.74) is 9.26. The number of aromatic nitrogens is 1. The predicted molar refractivity (Wildman–Crippen MR) is 87.1 cm³/mol. The fraction of sp³-hybridized carbons (Fsp3) is 0.308. The van der Waals surface area contributed by atoms with Gasteiger partial charge < -0.3 is 16.0 Å². The maximum Gasteiger partial charge on any atom is 0.125 e. The first kappa shape index (κ1) is 17.8. The Kier molecular flexibility index (Phi) is 7.52. The first-order valence-electron chi connectivity index (χ1n) is 5.73. The van der Waals surface area contributed by atoms with Gasteiger partial charge in [0.1, 0.15) is 5.84 Å². The first-order chi connectivity index (χ1) is 8.26. The van der Waals surface area contributed by atoms with Crippen LogP contribution in [0.5, 0.6) is 0 Å². The summed E-state index contributed by atoms with van der Waals surface area (Å²) >= 11 is 0. The van der Waals surface area contributed by atoms with Crippen molar-refractivity contribution in [1.29, 1.82) is 0 Å². The Bertz CT molecular complexity index is 549. The Morgan fingerprint density at radius 1 is 1.37 bits per heavy atom. The second kappa shape index (κ2) is 8.04. The van der Waals surface area contributed by atoms with Gasteiger partial charge in [0.15, 0.2) is 0 Å². The van der Waals surface area contributed by atoms with Crippen LogP contribution in [0.2, 0.25) is 0 Å². The number of halogens is 2. The molecule has 0 radical (unpaired) electrons. The van der Waals surface area contributed by atoms with Gasteiger partial charge in [-0.25, -0.2) is 0 Å². The van der Waals surface area contributed by atoms with Crippen LogP contribution in [0.15, 0.2) is 29.4 Å². The number of nitrogens with zero attached hydrogens (tertiary/aromatic N) is 1. The van der Waals surface area contributed by atoms with Crippen molar-refractivity contribution in [2.75, 3.05) is 20.6 Å². The van der Waals surface area contributed by atoms with Crippen LogP contribution in [0.25, 0.3) is 10.9 Å². The second-order valence-electron chi connectivity index (χ2n) is 4.04. The molecule has 106 valence electrons. The lowest BCUT2D eigenvalue weighted by Crippen LogP contribution is -2.12. The molecule has 19 heavy (non-hydrogen) atoms. The molecule has 0 bridgehead atoms. The van der Waals surface area contributed by atoms with Crippen LogP contribution < -0.4 is 11.1 Å². The quantitative estimate of drug-likeness (QED) is 0.598. The molecule has 4 N–H and O–H groups in total. The maximum atomic E-state index is 5.83. The molecule has 0 saturated heterocycles. The van der Waals surface area contributed by atoms with Gasteiger partial charge in [0.05, 0.1) is 0 Å². The fourth-order valence-electron chi connectivity index (χ4n) is 1.93. The summed E-state index contributed by atoms with van der Waals surface area (Å²) in [5.74, 6) is 0.577. The number of aliphatic imine (C=N–C) groups is 1. The minimum atomic E-state index is 0. The van der Waals surface area contributed by atoms with E-state index in [2.05, 4.69) is 27.6 Å².